The van der Waals surface area contributed by atoms with Crippen LogP contribution in [0.1, 0.15) is 12.5 Å². The number of amides is 2. The number of quaternary nitrogens is 2. The summed E-state index contributed by atoms with van der Waals surface area (Å²) in [4.78, 5) is 27.4. The van der Waals surface area contributed by atoms with E-state index in [0.717, 1.165) is 43.9 Å². The van der Waals surface area contributed by atoms with Gasteiger partial charge < -0.3 is 29.9 Å². The molecule has 2 aliphatic heterocycles. The molecule has 0 atom stereocenters. The van der Waals surface area contributed by atoms with Crippen LogP contribution >= 0.6 is 0 Å². The molecule has 0 unspecified atom stereocenters. The molecule has 1 fully saturated rings. The van der Waals surface area contributed by atoms with Crippen molar-refractivity contribution in [3.8, 4) is 11.5 Å². The van der Waals surface area contributed by atoms with Crippen LogP contribution in [0.15, 0.2) is 42.5 Å². The molecule has 0 radical (unpaired) electrons. The molecule has 2 aromatic rings. The number of ether oxygens (including phenoxy) is 2. The van der Waals surface area contributed by atoms with Gasteiger partial charge in [-0.3, -0.25) is 9.59 Å². The van der Waals surface area contributed by atoms with Crippen LogP contribution in [0.25, 0.3) is 0 Å². The minimum atomic E-state index is -0.0220. The number of nitrogens with one attached hydrogen (secondary N) is 4. The maximum absolute atomic E-state index is 12.5. The number of anilines is 2. The summed E-state index contributed by atoms with van der Waals surface area (Å²) in [5.74, 6) is 1.37. The second-order valence-electron chi connectivity index (χ2n) is 8.03. The number of benzene rings is 2. The van der Waals surface area contributed by atoms with Crippen molar-refractivity contribution in [3.05, 3.63) is 48.0 Å². The van der Waals surface area contributed by atoms with E-state index in [0.29, 0.717) is 30.3 Å². The molecule has 0 aromatic heterocycles. The molecule has 4 N–H and O–H groups in total. The fourth-order valence-corrected chi connectivity index (χ4v) is 4.09. The third kappa shape index (κ3) is 5.53. The molecule has 2 aromatic carbocycles. The molecular weight excluding hydrogens is 396 g/mol. The summed E-state index contributed by atoms with van der Waals surface area (Å²) in [5, 5.41) is 5.98. The number of carbonyl (C=O) groups excluding carboxylic acids is 2. The SMILES string of the molecule is CCc1ccccc1NC(=O)C[NH+]1CC[NH+](CC(=O)Nc2ccc3c(c2)OCO3)CC1. The van der Waals surface area contributed by atoms with Crippen molar-refractivity contribution in [1.82, 2.24) is 0 Å². The Kier molecular flexibility index (Phi) is 6.69. The smallest absolute Gasteiger partial charge is 0.279 e. The van der Waals surface area contributed by atoms with Gasteiger partial charge in [0.15, 0.2) is 24.6 Å². The molecule has 1 saturated heterocycles. The molecule has 0 aliphatic carbocycles. The predicted molar refractivity (Wildman–Crippen MR) is 117 cm³/mol. The lowest BCUT2D eigenvalue weighted by molar-refractivity contribution is -1.00. The number of hydrogen-bond acceptors (Lipinski definition) is 4. The molecular formula is C23H30N4O4+2. The number of carbonyl (C=O) groups is 2. The molecule has 2 heterocycles. The van der Waals surface area contributed by atoms with Crippen molar-refractivity contribution >= 4 is 23.2 Å². The van der Waals surface area contributed by atoms with Gasteiger partial charge in [-0.1, -0.05) is 25.1 Å². The number of rotatable bonds is 7. The highest BCUT2D eigenvalue weighted by Gasteiger charge is 2.26. The lowest BCUT2D eigenvalue weighted by atomic mass is 10.1. The highest BCUT2D eigenvalue weighted by molar-refractivity contribution is 5.92. The van der Waals surface area contributed by atoms with Crippen LogP contribution in [-0.4, -0.2) is 57.9 Å². The number of hydrogen-bond donors (Lipinski definition) is 4. The Balaban J connectivity index is 1.20. The Morgan fingerprint density at radius 1 is 0.871 bits per heavy atom. The van der Waals surface area contributed by atoms with E-state index in [4.69, 9.17) is 9.47 Å². The summed E-state index contributed by atoms with van der Waals surface area (Å²) in [6.07, 6.45) is 0.889. The van der Waals surface area contributed by atoms with Crippen LogP contribution in [0.4, 0.5) is 11.4 Å². The summed E-state index contributed by atoms with van der Waals surface area (Å²) >= 11 is 0. The quantitative estimate of drug-likeness (QED) is 0.474. The first-order valence-electron chi connectivity index (χ1n) is 10.8. The largest absolute Gasteiger partial charge is 0.454 e. The normalized spacial score (nSPS) is 19.6. The topological polar surface area (TPSA) is 85.5 Å². The van der Waals surface area contributed by atoms with Gasteiger partial charge in [0, 0.05) is 17.4 Å². The van der Waals surface area contributed by atoms with Gasteiger partial charge in [-0.2, -0.15) is 0 Å². The van der Waals surface area contributed by atoms with Gasteiger partial charge in [0.2, 0.25) is 6.79 Å². The van der Waals surface area contributed by atoms with Crippen LogP contribution in [-0.2, 0) is 16.0 Å². The van der Waals surface area contributed by atoms with Crippen molar-refractivity contribution in [1.29, 1.82) is 0 Å². The minimum Gasteiger partial charge on any atom is -0.454 e. The van der Waals surface area contributed by atoms with Crippen molar-refractivity contribution in [2.75, 3.05) is 56.7 Å². The van der Waals surface area contributed by atoms with Crippen LogP contribution < -0.4 is 29.9 Å². The first kappa shape index (κ1) is 21.1. The van der Waals surface area contributed by atoms with Gasteiger partial charge in [0.1, 0.15) is 26.2 Å². The van der Waals surface area contributed by atoms with Crippen LogP contribution in [0, 0.1) is 0 Å². The number of piperazine rings is 1. The first-order valence-corrected chi connectivity index (χ1v) is 10.8. The monoisotopic (exact) mass is 426 g/mol. The molecule has 8 heteroatoms. The van der Waals surface area contributed by atoms with Gasteiger partial charge in [0.05, 0.1) is 0 Å². The maximum atomic E-state index is 12.5. The third-order valence-electron chi connectivity index (χ3n) is 5.81. The molecule has 8 nitrogen and oxygen atoms in total. The fourth-order valence-electron chi connectivity index (χ4n) is 4.09. The zero-order chi connectivity index (χ0) is 21.6. The highest BCUT2D eigenvalue weighted by Crippen LogP contribution is 2.34. The van der Waals surface area contributed by atoms with Crippen LogP contribution in [0.5, 0.6) is 11.5 Å². The number of fused-ring (bicyclic) bond motifs is 1. The summed E-state index contributed by atoms with van der Waals surface area (Å²) in [5.41, 5.74) is 2.76. The Bertz CT molecular complexity index is 941. The average molecular weight is 427 g/mol. The Morgan fingerprint density at radius 2 is 1.52 bits per heavy atom. The van der Waals surface area contributed by atoms with Crippen LogP contribution in [0.2, 0.25) is 0 Å². The summed E-state index contributed by atoms with van der Waals surface area (Å²) in [7, 11) is 0. The van der Waals surface area contributed by atoms with E-state index in [1.54, 1.807) is 12.1 Å². The highest BCUT2D eigenvalue weighted by atomic mass is 16.7. The zero-order valence-corrected chi connectivity index (χ0v) is 17.8. The second kappa shape index (κ2) is 9.80. The Labute approximate surface area is 182 Å². The van der Waals surface area contributed by atoms with Crippen molar-refractivity contribution < 1.29 is 28.9 Å². The maximum Gasteiger partial charge on any atom is 0.279 e. The molecule has 0 saturated carbocycles. The molecule has 2 amide bonds. The van der Waals surface area contributed by atoms with Gasteiger partial charge >= 0.3 is 0 Å². The molecule has 4 rings (SSSR count). The zero-order valence-electron chi connectivity index (χ0n) is 17.8. The standard InChI is InChI=1S/C23H28N4O4/c1-2-17-5-3-4-6-19(17)25-23(29)15-27-11-9-26(10-12-27)14-22(28)24-18-7-8-20-21(13-18)31-16-30-20/h3-8,13H,2,9-12,14-16H2,1H3,(H,24,28)(H,25,29)/p+2. The minimum absolute atomic E-state index is 0.0220. The molecule has 31 heavy (non-hydrogen) atoms. The Morgan fingerprint density at radius 3 is 2.23 bits per heavy atom. The van der Waals surface area contributed by atoms with Crippen molar-refractivity contribution in [2.45, 2.75) is 13.3 Å². The lowest BCUT2D eigenvalue weighted by Gasteiger charge is -2.29. The molecule has 164 valence electrons. The van der Waals surface area contributed by atoms with Crippen LogP contribution in [0.3, 0.4) is 0 Å². The van der Waals surface area contributed by atoms with Gasteiger partial charge in [-0.25, -0.2) is 0 Å². The van der Waals surface area contributed by atoms with E-state index in [1.807, 2.05) is 30.3 Å². The van der Waals surface area contributed by atoms with E-state index < -0.39 is 0 Å². The first-order chi connectivity index (χ1) is 15.1. The van der Waals surface area contributed by atoms with E-state index in [9.17, 15) is 9.59 Å². The van der Waals surface area contributed by atoms with Crippen molar-refractivity contribution in [2.24, 2.45) is 0 Å². The molecule has 2 aliphatic rings. The summed E-state index contributed by atoms with van der Waals surface area (Å²) in [6, 6.07) is 13.3. The number of para-hydroxylation sites is 1. The van der Waals surface area contributed by atoms with Gasteiger partial charge in [0.25, 0.3) is 11.8 Å². The van der Waals surface area contributed by atoms with E-state index in [-0.39, 0.29) is 18.6 Å². The number of aryl methyl sites for hydroxylation is 1. The summed E-state index contributed by atoms with van der Waals surface area (Å²) < 4.78 is 10.6. The van der Waals surface area contributed by atoms with E-state index in [2.05, 4.69) is 17.6 Å². The fraction of sp³-hybridized carbons (Fsp3) is 0.391. The lowest BCUT2D eigenvalue weighted by Crippen LogP contribution is -3.28. The van der Waals surface area contributed by atoms with Gasteiger partial charge in [-0.15, -0.1) is 0 Å². The van der Waals surface area contributed by atoms with E-state index in [1.165, 1.54) is 9.80 Å². The average Bonchev–Trinajstić information content (AvgIpc) is 3.23. The Hall–Kier alpha value is -3.10. The molecule has 0 spiro atoms. The van der Waals surface area contributed by atoms with Gasteiger partial charge in [-0.05, 0) is 30.2 Å². The second-order valence-corrected chi connectivity index (χ2v) is 8.03. The molecule has 0 bridgehead atoms. The predicted octanol–water partition coefficient (Wildman–Crippen LogP) is -0.662. The van der Waals surface area contributed by atoms with Crippen molar-refractivity contribution in [3.63, 3.8) is 0 Å². The van der Waals surface area contributed by atoms with E-state index >= 15 is 0 Å². The third-order valence-corrected chi connectivity index (χ3v) is 5.81. The summed E-state index contributed by atoms with van der Waals surface area (Å²) in [6.45, 7) is 6.64.